The van der Waals surface area contributed by atoms with E-state index in [0.29, 0.717) is 15.9 Å². The van der Waals surface area contributed by atoms with Gasteiger partial charge in [0.1, 0.15) is 5.82 Å². The Morgan fingerprint density at radius 3 is 2.58 bits per heavy atom. The molecule has 31 heavy (non-hydrogen) atoms. The molecule has 154 valence electrons. The van der Waals surface area contributed by atoms with Gasteiger partial charge < -0.3 is 15.8 Å². The molecule has 0 radical (unpaired) electrons. The van der Waals surface area contributed by atoms with Crippen LogP contribution in [-0.4, -0.2) is 25.8 Å². The third-order valence-corrected chi connectivity index (χ3v) is 5.19. The first-order chi connectivity index (χ1) is 15.1. The van der Waals surface area contributed by atoms with Crippen molar-refractivity contribution in [1.82, 2.24) is 14.7 Å². The molecular formula is C23H19N5O3. The van der Waals surface area contributed by atoms with Crippen molar-refractivity contribution < 1.29 is 10.0 Å². The van der Waals surface area contributed by atoms with Crippen LogP contribution in [-0.2, 0) is 4.79 Å². The van der Waals surface area contributed by atoms with Crippen molar-refractivity contribution in [1.29, 1.82) is 0 Å². The van der Waals surface area contributed by atoms with E-state index in [1.807, 2.05) is 48.5 Å². The second-order valence-electron chi connectivity index (χ2n) is 7.48. The summed E-state index contributed by atoms with van der Waals surface area (Å²) in [4.78, 5) is 31.9. The summed E-state index contributed by atoms with van der Waals surface area (Å²) in [5.41, 5.74) is 2.78. The standard InChI is InChI=1S/C23H19N5O3/c29-22(15-6-7-15)26-17-10-8-14(9-11-17)16-3-1-4-18(13-16)25-20-19-5-2-12-24-21(19)28(31)23(30)27-20/h1-5,8-13,15,31H,6-7H2,(H,26,29)(H,25,27,30). The van der Waals surface area contributed by atoms with Crippen LogP contribution in [0.4, 0.5) is 17.2 Å². The third-order valence-electron chi connectivity index (χ3n) is 5.19. The normalized spacial score (nSPS) is 13.2. The fourth-order valence-electron chi connectivity index (χ4n) is 3.39. The molecule has 2 heterocycles. The van der Waals surface area contributed by atoms with Gasteiger partial charge in [-0.2, -0.15) is 4.98 Å². The molecule has 1 aliphatic carbocycles. The predicted octanol–water partition coefficient (Wildman–Crippen LogP) is 3.79. The van der Waals surface area contributed by atoms with Crippen LogP contribution in [0.3, 0.4) is 0 Å². The van der Waals surface area contributed by atoms with Gasteiger partial charge in [0.05, 0.1) is 5.39 Å². The largest absolute Gasteiger partial charge is 0.422 e. The van der Waals surface area contributed by atoms with Gasteiger partial charge in [-0.15, -0.1) is 4.73 Å². The van der Waals surface area contributed by atoms with Crippen molar-refractivity contribution >= 4 is 34.1 Å². The number of hydrogen-bond donors (Lipinski definition) is 3. The maximum absolute atomic E-state index is 12.0. The number of fused-ring (bicyclic) bond motifs is 1. The molecule has 0 saturated heterocycles. The molecule has 8 nitrogen and oxygen atoms in total. The Kier molecular flexibility index (Phi) is 4.59. The number of hydrogen-bond acceptors (Lipinski definition) is 6. The maximum atomic E-state index is 12.0. The van der Waals surface area contributed by atoms with Gasteiger partial charge in [-0.3, -0.25) is 4.79 Å². The van der Waals surface area contributed by atoms with Crippen LogP contribution in [0.15, 0.2) is 71.7 Å². The summed E-state index contributed by atoms with van der Waals surface area (Å²) in [5, 5.41) is 16.5. The minimum absolute atomic E-state index is 0.0815. The van der Waals surface area contributed by atoms with Crippen LogP contribution in [0.2, 0.25) is 0 Å². The molecule has 3 N–H and O–H groups in total. The topological polar surface area (TPSA) is 109 Å². The summed E-state index contributed by atoms with van der Waals surface area (Å²) in [6.07, 6.45) is 3.44. The van der Waals surface area contributed by atoms with Crippen molar-refractivity contribution in [2.45, 2.75) is 12.8 Å². The van der Waals surface area contributed by atoms with Gasteiger partial charge in [0, 0.05) is 23.5 Å². The average Bonchev–Trinajstić information content (AvgIpc) is 3.64. The van der Waals surface area contributed by atoms with Crippen molar-refractivity contribution in [3.8, 4) is 11.1 Å². The monoisotopic (exact) mass is 413 g/mol. The van der Waals surface area contributed by atoms with E-state index < -0.39 is 5.69 Å². The number of nitrogens with zero attached hydrogens (tertiary/aromatic N) is 3. The Hall–Kier alpha value is -4.20. The molecule has 0 unspecified atom stereocenters. The SMILES string of the molecule is O=C(Nc1ccc(-c2cccc(Nc3nc(=O)n(O)c4ncccc34)c2)cc1)C1CC1. The highest BCUT2D eigenvalue weighted by Crippen LogP contribution is 2.31. The number of nitrogens with one attached hydrogen (secondary N) is 2. The highest BCUT2D eigenvalue weighted by atomic mass is 16.5. The van der Waals surface area contributed by atoms with Crippen molar-refractivity contribution in [3.05, 3.63) is 77.3 Å². The van der Waals surface area contributed by atoms with Crippen molar-refractivity contribution in [2.24, 2.45) is 5.92 Å². The summed E-state index contributed by atoms with van der Waals surface area (Å²) < 4.78 is 0.431. The van der Waals surface area contributed by atoms with Crippen LogP contribution in [0.1, 0.15) is 12.8 Å². The first kappa shape index (κ1) is 18.8. The van der Waals surface area contributed by atoms with E-state index >= 15 is 0 Å². The molecule has 2 aromatic heterocycles. The minimum atomic E-state index is -0.811. The molecular weight excluding hydrogens is 394 g/mol. The number of amides is 1. The van der Waals surface area contributed by atoms with E-state index in [9.17, 15) is 14.8 Å². The fourth-order valence-corrected chi connectivity index (χ4v) is 3.39. The Labute approximate surface area is 177 Å². The number of aromatic nitrogens is 3. The zero-order valence-corrected chi connectivity index (χ0v) is 16.4. The summed E-state index contributed by atoms with van der Waals surface area (Å²) in [7, 11) is 0. The quantitative estimate of drug-likeness (QED) is 0.430. The molecule has 1 fully saturated rings. The van der Waals surface area contributed by atoms with Gasteiger partial charge in [-0.1, -0.05) is 24.3 Å². The number of carbonyl (C=O) groups is 1. The van der Waals surface area contributed by atoms with Gasteiger partial charge in [0.25, 0.3) is 0 Å². The smallest absolute Gasteiger partial charge is 0.384 e. The zero-order chi connectivity index (χ0) is 21.4. The molecule has 1 amide bonds. The van der Waals surface area contributed by atoms with Gasteiger partial charge in [0.15, 0.2) is 5.65 Å². The highest BCUT2D eigenvalue weighted by Gasteiger charge is 2.29. The second-order valence-corrected chi connectivity index (χ2v) is 7.48. The molecule has 0 bridgehead atoms. The van der Waals surface area contributed by atoms with E-state index in [2.05, 4.69) is 20.6 Å². The Balaban J connectivity index is 1.41. The van der Waals surface area contributed by atoms with E-state index in [1.165, 1.54) is 6.20 Å². The molecule has 0 atom stereocenters. The second kappa shape index (κ2) is 7.56. The van der Waals surface area contributed by atoms with E-state index in [1.54, 1.807) is 12.1 Å². The summed E-state index contributed by atoms with van der Waals surface area (Å²) in [6, 6.07) is 18.8. The Bertz CT molecular complexity index is 1340. The minimum Gasteiger partial charge on any atom is -0.422 e. The zero-order valence-electron chi connectivity index (χ0n) is 16.4. The molecule has 0 aliphatic heterocycles. The molecule has 2 aromatic carbocycles. The number of anilines is 3. The molecule has 1 saturated carbocycles. The number of carbonyl (C=O) groups excluding carboxylic acids is 1. The lowest BCUT2D eigenvalue weighted by Crippen LogP contribution is -2.23. The Morgan fingerprint density at radius 2 is 1.81 bits per heavy atom. The molecule has 0 spiro atoms. The lowest BCUT2D eigenvalue weighted by Gasteiger charge is -2.11. The summed E-state index contributed by atoms with van der Waals surface area (Å²) in [5.74, 6) is 0.557. The van der Waals surface area contributed by atoms with Gasteiger partial charge in [-0.05, 0) is 60.4 Å². The van der Waals surface area contributed by atoms with E-state index in [4.69, 9.17) is 0 Å². The predicted molar refractivity (Wildman–Crippen MR) is 117 cm³/mol. The molecule has 5 rings (SSSR count). The van der Waals surface area contributed by atoms with Crippen LogP contribution in [0.25, 0.3) is 22.2 Å². The van der Waals surface area contributed by atoms with Crippen LogP contribution in [0, 0.1) is 5.92 Å². The average molecular weight is 413 g/mol. The van der Waals surface area contributed by atoms with Crippen molar-refractivity contribution in [3.63, 3.8) is 0 Å². The van der Waals surface area contributed by atoms with Gasteiger partial charge in [-0.25, -0.2) is 9.78 Å². The third kappa shape index (κ3) is 3.83. The fraction of sp³-hybridized carbons (Fsp3) is 0.130. The van der Waals surface area contributed by atoms with Crippen molar-refractivity contribution in [2.75, 3.05) is 10.6 Å². The number of benzene rings is 2. The molecule has 8 heteroatoms. The lowest BCUT2D eigenvalue weighted by molar-refractivity contribution is -0.117. The van der Waals surface area contributed by atoms with E-state index in [0.717, 1.165) is 35.3 Å². The summed E-state index contributed by atoms with van der Waals surface area (Å²) in [6.45, 7) is 0. The van der Waals surface area contributed by atoms with Crippen LogP contribution >= 0.6 is 0 Å². The number of pyridine rings is 1. The highest BCUT2D eigenvalue weighted by molar-refractivity contribution is 5.94. The first-order valence-electron chi connectivity index (χ1n) is 9.94. The van der Waals surface area contributed by atoms with Crippen LogP contribution < -0.4 is 16.3 Å². The maximum Gasteiger partial charge on any atom is 0.384 e. The van der Waals surface area contributed by atoms with E-state index in [-0.39, 0.29) is 17.5 Å². The lowest BCUT2D eigenvalue weighted by atomic mass is 10.0. The Morgan fingerprint density at radius 1 is 1.00 bits per heavy atom. The summed E-state index contributed by atoms with van der Waals surface area (Å²) >= 11 is 0. The molecule has 4 aromatic rings. The van der Waals surface area contributed by atoms with Crippen LogP contribution in [0.5, 0.6) is 0 Å². The number of rotatable bonds is 5. The first-order valence-corrected chi connectivity index (χ1v) is 9.94. The van der Waals surface area contributed by atoms with Gasteiger partial charge in [0.2, 0.25) is 5.91 Å². The van der Waals surface area contributed by atoms with Gasteiger partial charge >= 0.3 is 5.69 Å². The molecule has 1 aliphatic rings.